The second kappa shape index (κ2) is 20.1. The topological polar surface area (TPSA) is 481 Å². The first-order valence-electron chi connectivity index (χ1n) is 14.5. The van der Waals surface area contributed by atoms with Gasteiger partial charge in [0.2, 0.25) is 5.91 Å². The highest BCUT2D eigenvalue weighted by molar-refractivity contribution is 7.80. The van der Waals surface area contributed by atoms with E-state index in [4.69, 9.17) is 76.9 Å². The van der Waals surface area contributed by atoms with Gasteiger partial charge in [0.25, 0.3) is 0 Å². The molecular weight excluding hydrogens is 734 g/mol. The van der Waals surface area contributed by atoms with E-state index in [1.54, 1.807) is 0 Å². The molecule has 3 aliphatic rings. The minimum absolute atomic E-state index is 0.0101. The number of aliphatic hydroxyl groups excluding tert-OH is 8. The third-order valence-electron chi connectivity index (χ3n) is 7.51. The summed E-state index contributed by atoms with van der Waals surface area (Å²) in [5, 5.41) is 84.9. The summed E-state index contributed by atoms with van der Waals surface area (Å²) in [5.74, 6) is -0.845. The number of carbonyl (C=O) groups is 1. The highest BCUT2D eigenvalue weighted by Gasteiger charge is 2.52. The Morgan fingerprint density at radius 2 is 1.24 bits per heavy atom. The van der Waals surface area contributed by atoms with E-state index < -0.39 is 131 Å². The fraction of sp³-hybridized carbons (Fsp3) is 0.955. The van der Waals surface area contributed by atoms with Gasteiger partial charge in [-0.05, 0) is 19.4 Å². The van der Waals surface area contributed by atoms with Crippen LogP contribution in [-0.4, -0.2) is 199 Å². The van der Waals surface area contributed by atoms with Crippen LogP contribution in [0.2, 0.25) is 0 Å². The third-order valence-corrected chi connectivity index (χ3v) is 7.51. The predicted octanol–water partition coefficient (Wildman–Crippen LogP) is -9.73. The maximum absolute atomic E-state index is 12.6. The van der Waals surface area contributed by atoms with Crippen LogP contribution in [0.3, 0.4) is 0 Å². The van der Waals surface area contributed by atoms with Gasteiger partial charge in [-0.25, -0.2) is 0 Å². The summed E-state index contributed by atoms with van der Waals surface area (Å²) in [5.41, 5.74) is 23.1. The molecular formula is C22H47N5O21S2. The molecule has 0 aromatic rings. The Balaban J connectivity index is 0.00000109. The van der Waals surface area contributed by atoms with Crippen molar-refractivity contribution in [1.82, 2.24) is 5.32 Å². The Bertz CT molecular complexity index is 1200. The molecule has 0 bridgehead atoms. The lowest BCUT2D eigenvalue weighted by Crippen LogP contribution is -2.69. The van der Waals surface area contributed by atoms with E-state index in [0.29, 0.717) is 0 Å². The fourth-order valence-corrected chi connectivity index (χ4v) is 5.07. The second-order valence-corrected chi connectivity index (χ2v) is 13.0. The zero-order chi connectivity index (χ0) is 38.9. The van der Waals surface area contributed by atoms with Crippen molar-refractivity contribution in [2.45, 2.75) is 111 Å². The van der Waals surface area contributed by atoms with Crippen molar-refractivity contribution in [3.8, 4) is 0 Å². The van der Waals surface area contributed by atoms with Crippen molar-refractivity contribution >= 4 is 26.7 Å². The number of carbonyl (C=O) groups excluding carboxylic acids is 1. The molecule has 1 amide bonds. The Kier molecular flexibility index (Phi) is 18.8. The van der Waals surface area contributed by atoms with Crippen LogP contribution in [0.15, 0.2) is 0 Å². The summed E-state index contributed by atoms with van der Waals surface area (Å²) in [4.78, 5) is 12.6. The Labute approximate surface area is 285 Å². The number of nitrogens with two attached hydrogens (primary N) is 4. The number of hydrogen-bond donors (Lipinski definition) is 17. The largest absolute Gasteiger partial charge is 0.394 e. The van der Waals surface area contributed by atoms with Crippen molar-refractivity contribution in [3.63, 3.8) is 0 Å². The van der Waals surface area contributed by atoms with Crippen molar-refractivity contribution in [3.05, 3.63) is 0 Å². The molecule has 2 aliphatic heterocycles. The number of nitrogens with one attached hydrogen (secondary N) is 1. The van der Waals surface area contributed by atoms with Gasteiger partial charge >= 0.3 is 20.8 Å². The summed E-state index contributed by atoms with van der Waals surface area (Å²) in [6.07, 6.45) is -19.8. The average Bonchev–Trinajstić information content (AvgIpc) is 2.99. The maximum atomic E-state index is 12.6. The molecule has 50 heavy (non-hydrogen) atoms. The molecule has 3 fully saturated rings. The van der Waals surface area contributed by atoms with Crippen LogP contribution in [-0.2, 0) is 44.5 Å². The highest BCUT2D eigenvalue weighted by atomic mass is 32.3. The van der Waals surface area contributed by atoms with Gasteiger partial charge in [0.1, 0.15) is 67.1 Å². The maximum Gasteiger partial charge on any atom is 0.394 e. The van der Waals surface area contributed by atoms with Gasteiger partial charge < -0.3 is 88.1 Å². The van der Waals surface area contributed by atoms with Crippen molar-refractivity contribution in [1.29, 1.82) is 0 Å². The van der Waals surface area contributed by atoms with Gasteiger partial charge in [-0.3, -0.25) is 23.0 Å². The van der Waals surface area contributed by atoms with E-state index >= 15 is 0 Å². The predicted molar refractivity (Wildman–Crippen MR) is 160 cm³/mol. The number of rotatable bonds is 10. The monoisotopic (exact) mass is 781 g/mol. The molecule has 21 N–H and O–H groups in total. The number of amides is 1. The van der Waals surface area contributed by atoms with Crippen LogP contribution in [0.4, 0.5) is 0 Å². The molecule has 0 aromatic carbocycles. The van der Waals surface area contributed by atoms with Gasteiger partial charge in [0.15, 0.2) is 12.6 Å². The van der Waals surface area contributed by atoms with E-state index in [9.17, 15) is 45.6 Å². The molecule has 0 unspecified atom stereocenters. The molecule has 16 atom stereocenters. The highest BCUT2D eigenvalue weighted by Crippen LogP contribution is 2.32. The average molecular weight is 782 g/mol. The van der Waals surface area contributed by atoms with Gasteiger partial charge in [0.05, 0.1) is 18.7 Å². The molecule has 0 spiro atoms. The lowest BCUT2D eigenvalue weighted by molar-refractivity contribution is -0.332. The molecule has 298 valence electrons. The molecule has 1 aliphatic carbocycles. The minimum atomic E-state index is -4.67. The lowest BCUT2D eigenvalue weighted by Gasteiger charge is -2.49. The van der Waals surface area contributed by atoms with Crippen LogP contribution in [0, 0.1) is 0 Å². The molecule has 3 rings (SSSR count). The van der Waals surface area contributed by atoms with Gasteiger partial charge in [-0.1, -0.05) is 0 Å². The van der Waals surface area contributed by atoms with E-state index in [1.165, 1.54) is 0 Å². The Morgan fingerprint density at radius 1 is 0.760 bits per heavy atom. The first-order valence-corrected chi connectivity index (χ1v) is 17.3. The van der Waals surface area contributed by atoms with Crippen molar-refractivity contribution < 1.29 is 99.6 Å². The third kappa shape index (κ3) is 14.5. The van der Waals surface area contributed by atoms with Crippen LogP contribution >= 0.6 is 0 Å². The number of aliphatic hydroxyl groups is 8. The van der Waals surface area contributed by atoms with Crippen molar-refractivity contribution in [2.75, 3.05) is 19.7 Å². The Hall–Kier alpha value is -1.43. The van der Waals surface area contributed by atoms with E-state index in [2.05, 4.69) is 5.32 Å². The van der Waals surface area contributed by atoms with Gasteiger partial charge in [-0.2, -0.15) is 16.8 Å². The molecule has 0 aromatic heterocycles. The zero-order valence-electron chi connectivity index (χ0n) is 25.9. The van der Waals surface area contributed by atoms with Crippen LogP contribution < -0.4 is 28.3 Å². The molecule has 28 heteroatoms. The molecule has 0 radical (unpaired) electrons. The molecule has 1 saturated carbocycles. The lowest BCUT2D eigenvalue weighted by atomic mass is 9.83. The zero-order valence-corrected chi connectivity index (χ0v) is 27.6. The summed E-state index contributed by atoms with van der Waals surface area (Å²) in [6, 6.07) is -3.45. The fourth-order valence-electron chi connectivity index (χ4n) is 5.07. The minimum Gasteiger partial charge on any atom is -0.394 e. The molecule has 2 heterocycles. The van der Waals surface area contributed by atoms with Gasteiger partial charge in [0, 0.05) is 12.6 Å². The summed E-state index contributed by atoms with van der Waals surface area (Å²) >= 11 is 0. The van der Waals surface area contributed by atoms with Crippen molar-refractivity contribution in [2.24, 2.45) is 22.9 Å². The SMILES string of the molecule is NCC[C@H](O)C(=O)N[C@H]1C[C@H](N)[C@H](O[C@@H]2O[C@@H](CN)[C@@H](O)[C@@H](O)[C@@H]2O)[C@@H](O)[C@@H]1O[C@@H]1O[C@@H](CO)[C@@H](O)[C@@H](N)[C@@H]1O.O=S(=O)(O)O.O=S(=O)(O)O. The van der Waals surface area contributed by atoms with Crippen LogP contribution in [0.5, 0.6) is 0 Å². The standard InChI is InChI=1S/C22H43N5O13.2H2O4S/c23-2-1-8(29)20(36)27-7-3-6(25)18(39-22-16(34)15(33)13(31)9(4-24)37-22)17(35)19(7)40-21-14(32)11(26)12(30)10(5-28)38-21;2*1-5(2,3)4/h6-19,21-22,28-35H,1-5,23-26H2,(H,27,36);2*(H2,1,2,3,4)/t6-,7-,8-,9-,10-,11+,12+,13+,14-,15+,16-,17+,18-,19+,21-,22-;;/m0../s1. The summed E-state index contributed by atoms with van der Waals surface area (Å²) < 4.78 is 85.7. The second-order valence-electron chi connectivity index (χ2n) is 11.2. The summed E-state index contributed by atoms with van der Waals surface area (Å²) in [7, 11) is -9.33. The molecule has 26 nitrogen and oxygen atoms in total. The molecule has 2 saturated heterocycles. The van der Waals surface area contributed by atoms with E-state index in [0.717, 1.165) is 0 Å². The van der Waals surface area contributed by atoms with Gasteiger partial charge in [-0.15, -0.1) is 0 Å². The van der Waals surface area contributed by atoms with E-state index in [-0.39, 0.29) is 25.9 Å². The van der Waals surface area contributed by atoms with Crippen LogP contribution in [0.1, 0.15) is 12.8 Å². The van der Waals surface area contributed by atoms with E-state index in [1.807, 2.05) is 0 Å². The summed E-state index contributed by atoms with van der Waals surface area (Å²) in [6.45, 7) is -0.898. The Morgan fingerprint density at radius 3 is 1.72 bits per heavy atom. The first kappa shape index (κ1) is 46.6. The smallest absolute Gasteiger partial charge is 0.394 e. The van der Waals surface area contributed by atoms with Crippen LogP contribution in [0.25, 0.3) is 0 Å². The number of hydrogen-bond acceptors (Lipinski definition) is 21. The normalized spacial score (nSPS) is 40.0. The first-order chi connectivity index (χ1) is 22.9. The number of ether oxygens (including phenoxy) is 4. The quantitative estimate of drug-likeness (QED) is 0.0915.